The first kappa shape index (κ1) is 9.96. The predicted molar refractivity (Wildman–Crippen MR) is 58.0 cm³/mol. The number of likely N-dealkylation sites (tertiary alicyclic amines) is 1. The molecule has 1 amide bonds. The molecule has 1 atom stereocenters. The molecule has 4 nitrogen and oxygen atoms in total. The van der Waals surface area contributed by atoms with Gasteiger partial charge >= 0.3 is 0 Å². The number of anilines is 1. The highest BCUT2D eigenvalue weighted by Gasteiger charge is 2.29. The van der Waals surface area contributed by atoms with Gasteiger partial charge in [0.25, 0.3) is 0 Å². The molecule has 2 rings (SSSR count). The van der Waals surface area contributed by atoms with Crippen LogP contribution in [0.3, 0.4) is 0 Å². The Morgan fingerprint density at radius 3 is 3.13 bits per heavy atom. The van der Waals surface area contributed by atoms with Crippen LogP contribution < -0.4 is 5.73 Å². The van der Waals surface area contributed by atoms with Crippen LogP contribution in [-0.4, -0.2) is 22.3 Å². The minimum absolute atomic E-state index is 0.112. The number of hydrogen-bond acceptors (Lipinski definition) is 3. The van der Waals surface area contributed by atoms with Gasteiger partial charge in [0.15, 0.2) is 0 Å². The van der Waals surface area contributed by atoms with Gasteiger partial charge in [0, 0.05) is 25.2 Å². The molecule has 2 N–H and O–H groups in total. The van der Waals surface area contributed by atoms with Gasteiger partial charge in [0.1, 0.15) is 5.82 Å². The van der Waals surface area contributed by atoms with E-state index in [-0.39, 0.29) is 11.9 Å². The predicted octanol–water partition coefficient (Wildman–Crippen LogP) is 1.35. The quantitative estimate of drug-likeness (QED) is 0.752. The number of carbonyl (C=O) groups excluding carboxylic acids is 1. The molecule has 1 aromatic rings. The van der Waals surface area contributed by atoms with Gasteiger partial charge in [-0.05, 0) is 18.9 Å². The molecule has 4 heteroatoms. The lowest BCUT2D eigenvalue weighted by atomic mass is 10.1. The summed E-state index contributed by atoms with van der Waals surface area (Å²) in [5.74, 6) is 0.649. The van der Waals surface area contributed by atoms with Crippen LogP contribution in [0.1, 0.15) is 31.4 Å². The lowest BCUT2D eigenvalue weighted by Crippen LogP contribution is -2.28. The summed E-state index contributed by atoms with van der Waals surface area (Å²) in [4.78, 5) is 17.3. The Bertz CT molecular complexity index is 378. The Labute approximate surface area is 89.1 Å². The molecular weight excluding hydrogens is 190 g/mol. The maximum absolute atomic E-state index is 11.4. The van der Waals surface area contributed by atoms with Crippen LogP contribution in [0.5, 0.6) is 0 Å². The Morgan fingerprint density at radius 2 is 2.47 bits per heavy atom. The maximum atomic E-state index is 11.4. The minimum Gasteiger partial charge on any atom is -0.383 e. The van der Waals surface area contributed by atoms with Gasteiger partial charge in [-0.15, -0.1) is 0 Å². The first-order valence-electron chi connectivity index (χ1n) is 5.17. The molecule has 1 aliphatic rings. The lowest BCUT2D eigenvalue weighted by molar-refractivity contribution is -0.129. The molecule has 2 heterocycles. The van der Waals surface area contributed by atoms with Crippen LogP contribution in [0.2, 0.25) is 0 Å². The SMILES string of the molecule is CC(=O)N1CCC[C@H]1c1cccnc1N. The highest BCUT2D eigenvalue weighted by atomic mass is 16.2. The fourth-order valence-corrected chi connectivity index (χ4v) is 2.18. The molecule has 15 heavy (non-hydrogen) atoms. The summed E-state index contributed by atoms with van der Waals surface area (Å²) in [6, 6.07) is 3.94. The van der Waals surface area contributed by atoms with Gasteiger partial charge in [-0.3, -0.25) is 4.79 Å². The summed E-state index contributed by atoms with van der Waals surface area (Å²) in [5, 5.41) is 0. The number of carbonyl (C=O) groups is 1. The van der Waals surface area contributed by atoms with E-state index in [2.05, 4.69) is 4.98 Å². The average Bonchev–Trinajstić information content (AvgIpc) is 2.67. The number of nitrogens with two attached hydrogens (primary N) is 1. The first-order chi connectivity index (χ1) is 7.20. The summed E-state index contributed by atoms with van der Waals surface area (Å²) in [6.45, 7) is 2.43. The summed E-state index contributed by atoms with van der Waals surface area (Å²) in [6.07, 6.45) is 3.69. The van der Waals surface area contributed by atoms with E-state index in [1.54, 1.807) is 13.1 Å². The zero-order valence-electron chi connectivity index (χ0n) is 8.81. The normalized spacial score (nSPS) is 20.6. The van der Waals surface area contributed by atoms with Gasteiger partial charge in [-0.25, -0.2) is 4.98 Å². The van der Waals surface area contributed by atoms with Gasteiger partial charge in [-0.2, -0.15) is 0 Å². The number of hydrogen-bond donors (Lipinski definition) is 1. The van der Waals surface area contributed by atoms with Crippen molar-refractivity contribution in [2.45, 2.75) is 25.8 Å². The van der Waals surface area contributed by atoms with Gasteiger partial charge in [0.05, 0.1) is 6.04 Å². The van der Waals surface area contributed by atoms with Crippen molar-refractivity contribution in [3.8, 4) is 0 Å². The van der Waals surface area contributed by atoms with Crippen LogP contribution >= 0.6 is 0 Å². The average molecular weight is 205 g/mol. The Morgan fingerprint density at radius 1 is 1.67 bits per heavy atom. The van der Waals surface area contributed by atoms with Crippen LogP contribution in [0.4, 0.5) is 5.82 Å². The van der Waals surface area contributed by atoms with Crippen LogP contribution in [0.15, 0.2) is 18.3 Å². The van der Waals surface area contributed by atoms with Crippen molar-refractivity contribution in [2.75, 3.05) is 12.3 Å². The second-order valence-corrected chi connectivity index (χ2v) is 3.85. The summed E-state index contributed by atoms with van der Waals surface area (Å²) < 4.78 is 0. The molecule has 1 aromatic heterocycles. The second kappa shape index (κ2) is 3.88. The van der Waals surface area contributed by atoms with E-state index in [1.807, 2.05) is 17.0 Å². The van der Waals surface area contributed by atoms with Crippen LogP contribution in [0.25, 0.3) is 0 Å². The molecule has 1 fully saturated rings. The summed E-state index contributed by atoms with van der Waals surface area (Å²) in [7, 11) is 0. The van der Waals surface area contributed by atoms with Gasteiger partial charge < -0.3 is 10.6 Å². The number of nitrogens with zero attached hydrogens (tertiary/aromatic N) is 2. The van der Waals surface area contributed by atoms with E-state index in [1.165, 1.54) is 0 Å². The van der Waals surface area contributed by atoms with Crippen molar-refractivity contribution in [3.63, 3.8) is 0 Å². The monoisotopic (exact) mass is 205 g/mol. The van der Waals surface area contributed by atoms with E-state index in [9.17, 15) is 4.79 Å². The second-order valence-electron chi connectivity index (χ2n) is 3.85. The number of aromatic nitrogens is 1. The molecular formula is C11H15N3O. The third-order valence-electron chi connectivity index (χ3n) is 2.89. The van der Waals surface area contributed by atoms with E-state index in [0.717, 1.165) is 24.9 Å². The van der Waals surface area contributed by atoms with E-state index in [4.69, 9.17) is 5.73 Å². The topological polar surface area (TPSA) is 59.2 Å². The van der Waals surface area contributed by atoms with Gasteiger partial charge in [-0.1, -0.05) is 6.07 Å². The van der Waals surface area contributed by atoms with Gasteiger partial charge in [0.2, 0.25) is 5.91 Å². The number of pyridine rings is 1. The van der Waals surface area contributed by atoms with Crippen molar-refractivity contribution < 1.29 is 4.79 Å². The molecule has 0 spiro atoms. The van der Waals surface area contributed by atoms with E-state index >= 15 is 0 Å². The largest absolute Gasteiger partial charge is 0.383 e. The van der Waals surface area contributed by atoms with Crippen molar-refractivity contribution in [1.29, 1.82) is 0 Å². The molecule has 0 unspecified atom stereocenters. The zero-order chi connectivity index (χ0) is 10.8. The minimum atomic E-state index is 0.112. The maximum Gasteiger partial charge on any atom is 0.219 e. The highest BCUT2D eigenvalue weighted by molar-refractivity contribution is 5.74. The molecule has 1 saturated heterocycles. The third kappa shape index (κ3) is 1.79. The number of amides is 1. The Hall–Kier alpha value is -1.58. The standard InChI is InChI=1S/C11H15N3O/c1-8(15)14-7-3-5-10(14)9-4-2-6-13-11(9)12/h2,4,6,10H,3,5,7H2,1H3,(H2,12,13)/t10-/m0/s1. The molecule has 0 aliphatic carbocycles. The van der Waals surface area contributed by atoms with Crippen LogP contribution in [-0.2, 0) is 4.79 Å². The Balaban J connectivity index is 2.30. The Kier molecular flexibility index (Phi) is 2.58. The molecule has 1 aliphatic heterocycles. The van der Waals surface area contributed by atoms with Crippen molar-refractivity contribution in [1.82, 2.24) is 9.88 Å². The summed E-state index contributed by atoms with van der Waals surface area (Å²) >= 11 is 0. The molecule has 0 saturated carbocycles. The van der Waals surface area contributed by atoms with Crippen molar-refractivity contribution >= 4 is 11.7 Å². The van der Waals surface area contributed by atoms with Crippen molar-refractivity contribution in [2.24, 2.45) is 0 Å². The molecule has 0 aromatic carbocycles. The van der Waals surface area contributed by atoms with E-state index in [0.29, 0.717) is 5.82 Å². The number of rotatable bonds is 1. The fourth-order valence-electron chi connectivity index (χ4n) is 2.18. The molecule has 80 valence electrons. The summed E-state index contributed by atoms with van der Waals surface area (Å²) in [5.41, 5.74) is 6.79. The molecule has 0 radical (unpaired) electrons. The fraction of sp³-hybridized carbons (Fsp3) is 0.455. The smallest absolute Gasteiger partial charge is 0.219 e. The zero-order valence-corrected chi connectivity index (χ0v) is 8.81. The number of nitrogen functional groups attached to an aromatic ring is 1. The van der Waals surface area contributed by atoms with E-state index < -0.39 is 0 Å². The lowest BCUT2D eigenvalue weighted by Gasteiger charge is -2.24. The van der Waals surface area contributed by atoms with Crippen molar-refractivity contribution in [3.05, 3.63) is 23.9 Å². The molecule has 0 bridgehead atoms. The highest BCUT2D eigenvalue weighted by Crippen LogP contribution is 2.33. The first-order valence-corrected chi connectivity index (χ1v) is 5.17. The third-order valence-corrected chi connectivity index (χ3v) is 2.89. The van der Waals surface area contributed by atoms with Crippen LogP contribution in [0, 0.1) is 0 Å².